The lowest BCUT2D eigenvalue weighted by Crippen LogP contribution is -2.40. The molecule has 0 saturated heterocycles. The summed E-state index contributed by atoms with van der Waals surface area (Å²) >= 11 is 5.89. The Morgan fingerprint density at radius 3 is 2.60 bits per heavy atom. The van der Waals surface area contributed by atoms with Gasteiger partial charge in [0.15, 0.2) is 0 Å². The van der Waals surface area contributed by atoms with Gasteiger partial charge in [-0.1, -0.05) is 50.6 Å². The molecule has 0 spiro atoms. The zero-order chi connectivity index (χ0) is 14.6. The minimum atomic E-state index is 0.123. The van der Waals surface area contributed by atoms with Crippen molar-refractivity contribution in [3.63, 3.8) is 0 Å². The lowest BCUT2D eigenvalue weighted by Gasteiger charge is -2.32. The molecule has 3 heteroatoms. The van der Waals surface area contributed by atoms with Gasteiger partial charge < -0.3 is 4.90 Å². The number of hydrogen-bond acceptors (Lipinski definition) is 1. The van der Waals surface area contributed by atoms with Crippen molar-refractivity contribution in [3.05, 3.63) is 35.9 Å². The average Bonchev–Trinajstić information content (AvgIpc) is 2.78. The van der Waals surface area contributed by atoms with E-state index in [0.717, 1.165) is 19.3 Å². The lowest BCUT2D eigenvalue weighted by molar-refractivity contribution is -0.138. The van der Waals surface area contributed by atoms with E-state index in [2.05, 4.69) is 26.0 Å². The molecule has 1 aliphatic carbocycles. The molecular formula is C17H24ClNO. The minimum Gasteiger partial charge on any atom is -0.337 e. The van der Waals surface area contributed by atoms with E-state index in [1.165, 1.54) is 5.56 Å². The van der Waals surface area contributed by atoms with Gasteiger partial charge in [0.25, 0.3) is 0 Å². The molecule has 2 nitrogen and oxygen atoms in total. The van der Waals surface area contributed by atoms with E-state index in [-0.39, 0.29) is 17.2 Å². The van der Waals surface area contributed by atoms with Crippen LogP contribution in [0.15, 0.2) is 30.3 Å². The quantitative estimate of drug-likeness (QED) is 0.749. The van der Waals surface area contributed by atoms with Gasteiger partial charge in [-0.25, -0.2) is 0 Å². The van der Waals surface area contributed by atoms with E-state index in [1.807, 2.05) is 23.1 Å². The second kappa shape index (κ2) is 6.62. The van der Waals surface area contributed by atoms with Crippen LogP contribution in [0.5, 0.6) is 0 Å². The van der Waals surface area contributed by atoms with Crippen molar-refractivity contribution in [1.82, 2.24) is 4.90 Å². The Labute approximate surface area is 127 Å². The van der Waals surface area contributed by atoms with Gasteiger partial charge >= 0.3 is 0 Å². The smallest absolute Gasteiger partial charge is 0.226 e. The van der Waals surface area contributed by atoms with E-state index in [0.29, 0.717) is 19.0 Å². The summed E-state index contributed by atoms with van der Waals surface area (Å²) in [5.74, 6) is 0.914. The molecule has 1 aromatic carbocycles. The maximum Gasteiger partial charge on any atom is 0.226 e. The highest BCUT2D eigenvalue weighted by atomic mass is 35.5. The summed E-state index contributed by atoms with van der Waals surface area (Å²) in [6.07, 6.45) is 3.31. The van der Waals surface area contributed by atoms with Gasteiger partial charge in [0.1, 0.15) is 0 Å². The summed E-state index contributed by atoms with van der Waals surface area (Å²) in [6, 6.07) is 10.1. The summed E-state index contributed by atoms with van der Waals surface area (Å²) in [4.78, 5) is 14.8. The second-order valence-corrected chi connectivity index (χ2v) is 6.75. The molecule has 110 valence electrons. The highest BCUT2D eigenvalue weighted by Crippen LogP contribution is 2.43. The van der Waals surface area contributed by atoms with Crippen LogP contribution in [-0.2, 0) is 11.3 Å². The van der Waals surface area contributed by atoms with E-state index in [9.17, 15) is 4.79 Å². The number of alkyl halides is 1. The SMILES string of the molecule is CC1(C)CCCC1C(=O)N(CCCl)Cc1ccccc1. The first-order chi connectivity index (χ1) is 9.54. The zero-order valence-corrected chi connectivity index (χ0v) is 13.2. The number of halogens is 1. The topological polar surface area (TPSA) is 20.3 Å². The van der Waals surface area contributed by atoms with Crippen molar-refractivity contribution in [1.29, 1.82) is 0 Å². The first kappa shape index (κ1) is 15.4. The van der Waals surface area contributed by atoms with Gasteiger partial charge in [-0.2, -0.15) is 0 Å². The maximum absolute atomic E-state index is 12.8. The Bertz CT molecular complexity index is 444. The van der Waals surface area contributed by atoms with Gasteiger partial charge in [0, 0.05) is 24.9 Å². The van der Waals surface area contributed by atoms with Crippen molar-refractivity contribution >= 4 is 17.5 Å². The molecule has 1 amide bonds. The van der Waals surface area contributed by atoms with E-state index >= 15 is 0 Å². The highest BCUT2D eigenvalue weighted by Gasteiger charge is 2.40. The van der Waals surface area contributed by atoms with Crippen LogP contribution in [0.1, 0.15) is 38.7 Å². The molecule has 1 aromatic rings. The molecule has 1 atom stereocenters. The summed E-state index contributed by atoms with van der Waals surface area (Å²) < 4.78 is 0. The van der Waals surface area contributed by atoms with Crippen LogP contribution >= 0.6 is 11.6 Å². The Morgan fingerprint density at radius 2 is 2.05 bits per heavy atom. The molecule has 1 fully saturated rings. The molecule has 1 unspecified atom stereocenters. The molecule has 0 heterocycles. The van der Waals surface area contributed by atoms with Gasteiger partial charge in [0.2, 0.25) is 5.91 Å². The molecule has 20 heavy (non-hydrogen) atoms. The third-order valence-electron chi connectivity index (χ3n) is 4.44. The van der Waals surface area contributed by atoms with Crippen molar-refractivity contribution < 1.29 is 4.79 Å². The van der Waals surface area contributed by atoms with E-state index in [4.69, 9.17) is 11.6 Å². The van der Waals surface area contributed by atoms with E-state index < -0.39 is 0 Å². The number of amides is 1. The van der Waals surface area contributed by atoms with Gasteiger partial charge in [-0.3, -0.25) is 4.79 Å². The summed E-state index contributed by atoms with van der Waals surface area (Å²) in [6.45, 7) is 5.72. The molecule has 0 aliphatic heterocycles. The number of carbonyl (C=O) groups excluding carboxylic acids is 1. The molecule has 0 aromatic heterocycles. The van der Waals surface area contributed by atoms with Gasteiger partial charge in [0.05, 0.1) is 0 Å². The van der Waals surface area contributed by atoms with Crippen LogP contribution < -0.4 is 0 Å². The van der Waals surface area contributed by atoms with Crippen LogP contribution in [0.25, 0.3) is 0 Å². The molecule has 0 bridgehead atoms. The number of nitrogens with zero attached hydrogens (tertiary/aromatic N) is 1. The first-order valence-corrected chi connectivity index (χ1v) is 7.97. The Hall–Kier alpha value is -1.02. The van der Waals surface area contributed by atoms with Crippen LogP contribution in [0.4, 0.5) is 0 Å². The first-order valence-electron chi connectivity index (χ1n) is 7.43. The van der Waals surface area contributed by atoms with Crippen molar-refractivity contribution in [2.45, 2.75) is 39.7 Å². The Morgan fingerprint density at radius 1 is 1.35 bits per heavy atom. The number of hydrogen-bond donors (Lipinski definition) is 0. The normalized spacial score (nSPS) is 20.9. The molecular weight excluding hydrogens is 270 g/mol. The van der Waals surface area contributed by atoms with Gasteiger partial charge in [-0.15, -0.1) is 11.6 Å². The average molecular weight is 294 g/mol. The number of benzene rings is 1. The largest absolute Gasteiger partial charge is 0.337 e. The standard InChI is InChI=1S/C17H24ClNO/c1-17(2)10-6-9-15(17)16(20)19(12-11-18)13-14-7-4-3-5-8-14/h3-5,7-8,15H,6,9-13H2,1-2H3. The number of carbonyl (C=O) groups is 1. The third kappa shape index (κ3) is 3.54. The summed E-state index contributed by atoms with van der Waals surface area (Å²) in [5.41, 5.74) is 1.29. The lowest BCUT2D eigenvalue weighted by atomic mass is 9.81. The molecule has 1 saturated carbocycles. The summed E-state index contributed by atoms with van der Waals surface area (Å²) in [7, 11) is 0. The highest BCUT2D eigenvalue weighted by molar-refractivity contribution is 6.18. The summed E-state index contributed by atoms with van der Waals surface area (Å²) in [5, 5.41) is 0. The third-order valence-corrected chi connectivity index (χ3v) is 4.61. The molecule has 2 rings (SSSR count). The Balaban J connectivity index is 2.10. The fourth-order valence-electron chi connectivity index (χ4n) is 3.18. The van der Waals surface area contributed by atoms with Crippen molar-refractivity contribution in [2.75, 3.05) is 12.4 Å². The Kier molecular flexibility index (Phi) is 5.09. The van der Waals surface area contributed by atoms with Crippen molar-refractivity contribution in [3.8, 4) is 0 Å². The molecule has 0 radical (unpaired) electrons. The fraction of sp³-hybridized carbons (Fsp3) is 0.588. The fourth-order valence-corrected chi connectivity index (χ4v) is 3.38. The number of rotatable bonds is 5. The second-order valence-electron chi connectivity index (χ2n) is 6.37. The van der Waals surface area contributed by atoms with Crippen LogP contribution in [-0.4, -0.2) is 23.2 Å². The van der Waals surface area contributed by atoms with Crippen molar-refractivity contribution in [2.24, 2.45) is 11.3 Å². The molecule has 0 N–H and O–H groups in total. The van der Waals surface area contributed by atoms with Crippen LogP contribution in [0.3, 0.4) is 0 Å². The zero-order valence-electron chi connectivity index (χ0n) is 12.4. The minimum absolute atomic E-state index is 0.123. The predicted molar refractivity (Wildman–Crippen MR) is 83.7 cm³/mol. The van der Waals surface area contributed by atoms with Crippen LogP contribution in [0.2, 0.25) is 0 Å². The van der Waals surface area contributed by atoms with Crippen LogP contribution in [0, 0.1) is 11.3 Å². The van der Waals surface area contributed by atoms with E-state index in [1.54, 1.807) is 0 Å². The van der Waals surface area contributed by atoms with Gasteiger partial charge in [-0.05, 0) is 23.8 Å². The monoisotopic (exact) mass is 293 g/mol. The molecule has 1 aliphatic rings. The maximum atomic E-state index is 12.8. The predicted octanol–water partition coefficient (Wildman–Crippen LogP) is 4.08.